The number of hydrogen-bond acceptors (Lipinski definition) is 5. The number of morpholine rings is 1. The number of rotatable bonds is 4. The standard InChI is InChI=1S/C18H22N2O5/c1-24-14-6-2-11(3-7-14)16-17(18(23)19-8-13(21)9-19)25-10-15(22)20(16)12-4-5-12/h2-3,6-7,12-13,16-17,21H,4-5,8-10H2,1H3/t16-,17+/m1/s1. The maximum atomic E-state index is 12.9. The van der Waals surface area contributed by atoms with E-state index < -0.39 is 18.2 Å². The number of nitrogens with zero attached hydrogens (tertiary/aromatic N) is 2. The van der Waals surface area contributed by atoms with Crippen LogP contribution in [-0.2, 0) is 14.3 Å². The minimum atomic E-state index is -0.737. The van der Waals surface area contributed by atoms with Gasteiger partial charge in [0.15, 0.2) is 6.10 Å². The monoisotopic (exact) mass is 346 g/mol. The number of methoxy groups -OCH3 is 1. The van der Waals surface area contributed by atoms with Crippen molar-refractivity contribution in [1.82, 2.24) is 9.80 Å². The van der Waals surface area contributed by atoms with E-state index in [0.29, 0.717) is 13.1 Å². The normalized spacial score (nSPS) is 27.2. The van der Waals surface area contributed by atoms with Crippen molar-refractivity contribution in [1.29, 1.82) is 0 Å². The number of likely N-dealkylation sites (tertiary alicyclic amines) is 1. The number of β-amino-alcohol motifs (C(OH)–C–C–N with tert-alkyl or cyclic N) is 1. The molecule has 2 amide bonds. The Morgan fingerprint density at radius 3 is 2.48 bits per heavy atom. The van der Waals surface area contributed by atoms with E-state index in [4.69, 9.17) is 9.47 Å². The summed E-state index contributed by atoms with van der Waals surface area (Å²) in [6, 6.07) is 7.16. The SMILES string of the molecule is COc1ccc([C@@H]2[C@@H](C(=O)N3CC(O)C3)OCC(=O)N2C2CC2)cc1. The van der Waals surface area contributed by atoms with Crippen LogP contribution in [0.4, 0.5) is 0 Å². The van der Waals surface area contributed by atoms with Gasteiger partial charge in [-0.1, -0.05) is 12.1 Å². The Hall–Kier alpha value is -2.12. The fraction of sp³-hybridized carbons (Fsp3) is 0.556. The first-order valence-corrected chi connectivity index (χ1v) is 8.62. The first-order chi connectivity index (χ1) is 12.1. The molecular weight excluding hydrogens is 324 g/mol. The Morgan fingerprint density at radius 1 is 1.24 bits per heavy atom. The topological polar surface area (TPSA) is 79.3 Å². The molecule has 7 heteroatoms. The van der Waals surface area contributed by atoms with Crippen molar-refractivity contribution in [3.05, 3.63) is 29.8 Å². The van der Waals surface area contributed by atoms with Crippen LogP contribution in [0.5, 0.6) is 5.75 Å². The number of benzene rings is 1. The van der Waals surface area contributed by atoms with Crippen LogP contribution in [0.1, 0.15) is 24.4 Å². The molecule has 0 radical (unpaired) electrons. The molecule has 0 unspecified atom stereocenters. The van der Waals surface area contributed by atoms with E-state index >= 15 is 0 Å². The summed E-state index contributed by atoms with van der Waals surface area (Å²) in [5.41, 5.74) is 0.861. The van der Waals surface area contributed by atoms with Gasteiger partial charge < -0.3 is 24.4 Å². The molecule has 134 valence electrons. The Labute approximate surface area is 146 Å². The molecule has 3 aliphatic rings. The molecule has 2 atom stereocenters. The number of aliphatic hydroxyl groups excluding tert-OH is 1. The van der Waals surface area contributed by atoms with E-state index in [1.54, 1.807) is 12.0 Å². The smallest absolute Gasteiger partial charge is 0.254 e. The van der Waals surface area contributed by atoms with Gasteiger partial charge in [-0.15, -0.1) is 0 Å². The first-order valence-electron chi connectivity index (χ1n) is 8.62. The molecule has 7 nitrogen and oxygen atoms in total. The van der Waals surface area contributed by atoms with Crippen molar-refractivity contribution in [3.8, 4) is 5.75 Å². The lowest BCUT2D eigenvalue weighted by Crippen LogP contribution is -2.61. The van der Waals surface area contributed by atoms with Crippen molar-refractivity contribution in [2.75, 3.05) is 26.8 Å². The molecule has 25 heavy (non-hydrogen) atoms. The Balaban J connectivity index is 1.65. The molecule has 2 saturated heterocycles. The first kappa shape index (κ1) is 16.4. The van der Waals surface area contributed by atoms with E-state index in [1.807, 2.05) is 29.2 Å². The van der Waals surface area contributed by atoms with Crippen molar-refractivity contribution < 1.29 is 24.2 Å². The van der Waals surface area contributed by atoms with E-state index in [1.165, 1.54) is 0 Å². The molecule has 2 aliphatic heterocycles. The largest absolute Gasteiger partial charge is 0.497 e. The molecule has 0 aromatic heterocycles. The predicted octanol–water partition coefficient (Wildman–Crippen LogP) is 0.329. The highest BCUT2D eigenvalue weighted by molar-refractivity contribution is 5.87. The van der Waals surface area contributed by atoms with Gasteiger partial charge in [0, 0.05) is 19.1 Å². The lowest BCUT2D eigenvalue weighted by molar-refractivity contribution is -0.175. The van der Waals surface area contributed by atoms with Crippen molar-refractivity contribution >= 4 is 11.8 Å². The van der Waals surface area contributed by atoms with Gasteiger partial charge in [0.1, 0.15) is 12.4 Å². The summed E-state index contributed by atoms with van der Waals surface area (Å²) < 4.78 is 10.9. The summed E-state index contributed by atoms with van der Waals surface area (Å²) in [5.74, 6) is 0.485. The average molecular weight is 346 g/mol. The van der Waals surface area contributed by atoms with Gasteiger partial charge in [-0.2, -0.15) is 0 Å². The zero-order chi connectivity index (χ0) is 17.6. The van der Waals surface area contributed by atoms with Gasteiger partial charge in [-0.05, 0) is 30.5 Å². The lowest BCUT2D eigenvalue weighted by Gasteiger charge is -2.45. The van der Waals surface area contributed by atoms with Crippen molar-refractivity contribution in [2.45, 2.75) is 37.1 Å². The number of hydrogen-bond donors (Lipinski definition) is 1. The molecule has 1 aromatic carbocycles. The van der Waals surface area contributed by atoms with E-state index in [9.17, 15) is 14.7 Å². The second-order valence-electron chi connectivity index (χ2n) is 6.88. The van der Waals surface area contributed by atoms with Crippen LogP contribution in [0.25, 0.3) is 0 Å². The highest BCUT2D eigenvalue weighted by Crippen LogP contribution is 2.40. The molecule has 1 saturated carbocycles. The molecule has 1 N–H and O–H groups in total. The highest BCUT2D eigenvalue weighted by Gasteiger charge is 2.49. The molecule has 1 aromatic rings. The molecule has 3 fully saturated rings. The summed E-state index contributed by atoms with van der Waals surface area (Å²) in [7, 11) is 1.60. The number of carbonyl (C=O) groups excluding carboxylic acids is 2. The third kappa shape index (κ3) is 2.98. The Morgan fingerprint density at radius 2 is 1.92 bits per heavy atom. The third-order valence-electron chi connectivity index (χ3n) is 5.08. The zero-order valence-electron chi connectivity index (χ0n) is 14.1. The van der Waals surface area contributed by atoms with E-state index in [2.05, 4.69) is 0 Å². The van der Waals surface area contributed by atoms with Gasteiger partial charge in [0.25, 0.3) is 5.91 Å². The Bertz CT molecular complexity index is 667. The van der Waals surface area contributed by atoms with Gasteiger partial charge in [0.05, 0.1) is 19.3 Å². The van der Waals surface area contributed by atoms with Gasteiger partial charge in [-0.3, -0.25) is 9.59 Å². The highest BCUT2D eigenvalue weighted by atomic mass is 16.5. The molecule has 4 rings (SSSR count). The van der Waals surface area contributed by atoms with Crippen molar-refractivity contribution in [3.63, 3.8) is 0 Å². The number of aliphatic hydroxyl groups is 1. The number of carbonyl (C=O) groups is 2. The van der Waals surface area contributed by atoms with Crippen LogP contribution in [0.2, 0.25) is 0 Å². The maximum Gasteiger partial charge on any atom is 0.254 e. The third-order valence-corrected chi connectivity index (χ3v) is 5.08. The summed E-state index contributed by atoms with van der Waals surface area (Å²) in [6.45, 7) is 0.576. The van der Waals surface area contributed by atoms with Crippen LogP contribution in [0.3, 0.4) is 0 Å². The molecule has 1 aliphatic carbocycles. The Kier molecular flexibility index (Phi) is 4.13. The number of amides is 2. The summed E-state index contributed by atoms with van der Waals surface area (Å²) in [6.07, 6.45) is 0.719. The van der Waals surface area contributed by atoms with Crippen LogP contribution in [0.15, 0.2) is 24.3 Å². The van der Waals surface area contributed by atoms with Gasteiger partial charge in [0.2, 0.25) is 5.91 Å². The molecule has 0 spiro atoms. The second kappa shape index (κ2) is 6.31. The molecule has 0 bridgehead atoms. The average Bonchev–Trinajstić information content (AvgIpc) is 3.43. The van der Waals surface area contributed by atoms with E-state index in [-0.39, 0.29) is 24.5 Å². The van der Waals surface area contributed by atoms with Crippen LogP contribution < -0.4 is 4.74 Å². The lowest BCUT2D eigenvalue weighted by atomic mass is 9.95. The van der Waals surface area contributed by atoms with Crippen LogP contribution >= 0.6 is 0 Å². The van der Waals surface area contributed by atoms with E-state index in [0.717, 1.165) is 24.2 Å². The second-order valence-corrected chi connectivity index (χ2v) is 6.88. The minimum absolute atomic E-state index is 0.0731. The van der Waals surface area contributed by atoms with Crippen LogP contribution in [-0.4, -0.2) is 71.8 Å². The predicted molar refractivity (Wildman–Crippen MR) is 87.9 cm³/mol. The summed E-state index contributed by atoms with van der Waals surface area (Å²) in [5, 5.41) is 9.49. The van der Waals surface area contributed by atoms with Gasteiger partial charge in [-0.25, -0.2) is 0 Å². The van der Waals surface area contributed by atoms with Crippen LogP contribution in [0, 0.1) is 0 Å². The molecular formula is C18H22N2O5. The summed E-state index contributed by atoms with van der Waals surface area (Å²) >= 11 is 0. The van der Waals surface area contributed by atoms with Gasteiger partial charge >= 0.3 is 0 Å². The minimum Gasteiger partial charge on any atom is -0.497 e. The van der Waals surface area contributed by atoms with Crippen molar-refractivity contribution in [2.24, 2.45) is 0 Å². The zero-order valence-corrected chi connectivity index (χ0v) is 14.1. The fourth-order valence-electron chi connectivity index (χ4n) is 3.57. The fourth-order valence-corrected chi connectivity index (χ4v) is 3.57. The number of ether oxygens (including phenoxy) is 2. The quantitative estimate of drug-likeness (QED) is 0.850. The summed E-state index contributed by atoms with van der Waals surface area (Å²) in [4.78, 5) is 28.7. The maximum absolute atomic E-state index is 12.9. The molecule has 2 heterocycles.